The fourth-order valence-electron chi connectivity index (χ4n) is 4.58. The van der Waals surface area contributed by atoms with E-state index in [0.29, 0.717) is 0 Å². The zero-order valence-electron chi connectivity index (χ0n) is 13.5. The van der Waals surface area contributed by atoms with E-state index in [1.807, 2.05) is 0 Å². The van der Waals surface area contributed by atoms with Gasteiger partial charge in [0.25, 0.3) is 0 Å². The van der Waals surface area contributed by atoms with Crippen LogP contribution in [0.1, 0.15) is 31.2 Å². The maximum atomic E-state index is 3.87. The van der Waals surface area contributed by atoms with Crippen molar-refractivity contribution in [2.24, 2.45) is 17.8 Å². The van der Waals surface area contributed by atoms with Crippen LogP contribution in [-0.2, 0) is 6.54 Å². The molecule has 1 aromatic rings. The molecule has 1 N–H and O–H groups in total. The predicted octanol–water partition coefficient (Wildman–Crippen LogP) is 3.45. The van der Waals surface area contributed by atoms with E-state index in [2.05, 4.69) is 52.7 Å². The highest BCUT2D eigenvalue weighted by Crippen LogP contribution is 2.43. The zero-order valence-corrected chi connectivity index (χ0v) is 13.5. The van der Waals surface area contributed by atoms with E-state index in [9.17, 15) is 0 Å². The van der Waals surface area contributed by atoms with Crippen molar-refractivity contribution in [3.63, 3.8) is 0 Å². The quantitative estimate of drug-likeness (QED) is 0.837. The molecule has 0 radical (unpaired) electrons. The monoisotopic (exact) mass is 296 g/mol. The maximum absolute atomic E-state index is 3.87. The van der Waals surface area contributed by atoms with Crippen LogP contribution in [-0.4, -0.2) is 30.6 Å². The summed E-state index contributed by atoms with van der Waals surface area (Å²) in [5, 5.41) is 3.87. The van der Waals surface area contributed by atoms with Gasteiger partial charge < -0.3 is 5.32 Å². The van der Waals surface area contributed by atoms with E-state index in [1.54, 1.807) is 0 Å². The van der Waals surface area contributed by atoms with Crippen LogP contribution < -0.4 is 5.32 Å². The average molecular weight is 296 g/mol. The molecule has 2 bridgehead atoms. The number of nitrogens with zero attached hydrogens (tertiary/aromatic N) is 1. The Morgan fingerprint density at radius 1 is 1.00 bits per heavy atom. The summed E-state index contributed by atoms with van der Waals surface area (Å²) in [6.07, 6.45) is 10.4. The first kappa shape index (κ1) is 14.5. The molecule has 22 heavy (non-hydrogen) atoms. The van der Waals surface area contributed by atoms with Crippen LogP contribution in [0.4, 0.5) is 0 Å². The molecule has 0 aromatic heterocycles. The maximum Gasteiger partial charge on any atom is 0.0233 e. The second-order valence-corrected chi connectivity index (χ2v) is 7.48. The molecular formula is C20H28N2. The molecule has 2 nitrogen and oxygen atoms in total. The van der Waals surface area contributed by atoms with Gasteiger partial charge >= 0.3 is 0 Å². The third-order valence-electron chi connectivity index (χ3n) is 5.92. The predicted molar refractivity (Wildman–Crippen MR) is 91.6 cm³/mol. The van der Waals surface area contributed by atoms with Gasteiger partial charge in [0.2, 0.25) is 0 Å². The first-order valence-corrected chi connectivity index (χ1v) is 9.05. The number of allylic oxidation sites excluding steroid dienone is 2. The van der Waals surface area contributed by atoms with Crippen molar-refractivity contribution in [1.82, 2.24) is 10.2 Å². The highest BCUT2D eigenvalue weighted by molar-refractivity contribution is 5.14. The van der Waals surface area contributed by atoms with E-state index in [4.69, 9.17) is 0 Å². The molecule has 1 aliphatic heterocycles. The second kappa shape index (κ2) is 6.55. The Morgan fingerprint density at radius 2 is 1.82 bits per heavy atom. The van der Waals surface area contributed by atoms with Crippen LogP contribution >= 0.6 is 0 Å². The SMILES string of the molecule is C1=C[C@H]2C[C@@H]1C[C@@H]2CNC1CCN(Cc2ccccc2)CC1. The highest BCUT2D eigenvalue weighted by Gasteiger charge is 2.35. The van der Waals surface area contributed by atoms with Gasteiger partial charge in [-0.3, -0.25) is 4.90 Å². The van der Waals surface area contributed by atoms with Crippen molar-refractivity contribution in [1.29, 1.82) is 0 Å². The van der Waals surface area contributed by atoms with Gasteiger partial charge in [0.1, 0.15) is 0 Å². The lowest BCUT2D eigenvalue weighted by atomic mass is 9.93. The third-order valence-corrected chi connectivity index (χ3v) is 5.92. The lowest BCUT2D eigenvalue weighted by Crippen LogP contribution is -2.43. The van der Waals surface area contributed by atoms with Gasteiger partial charge in [-0.1, -0.05) is 42.5 Å². The topological polar surface area (TPSA) is 15.3 Å². The van der Waals surface area contributed by atoms with Crippen molar-refractivity contribution < 1.29 is 0 Å². The van der Waals surface area contributed by atoms with Crippen molar-refractivity contribution in [2.75, 3.05) is 19.6 Å². The Labute approximate surface area is 134 Å². The Kier molecular flexibility index (Phi) is 4.31. The van der Waals surface area contributed by atoms with E-state index in [-0.39, 0.29) is 0 Å². The van der Waals surface area contributed by atoms with E-state index in [0.717, 1.165) is 30.3 Å². The van der Waals surface area contributed by atoms with Crippen molar-refractivity contribution in [3.8, 4) is 0 Å². The summed E-state index contributed by atoms with van der Waals surface area (Å²) in [6, 6.07) is 11.6. The number of benzene rings is 1. The van der Waals surface area contributed by atoms with Gasteiger partial charge in [-0.25, -0.2) is 0 Å². The molecule has 1 aromatic carbocycles. The van der Waals surface area contributed by atoms with Crippen molar-refractivity contribution in [3.05, 3.63) is 48.0 Å². The molecule has 1 heterocycles. The molecule has 4 rings (SSSR count). The lowest BCUT2D eigenvalue weighted by Gasteiger charge is -2.33. The van der Waals surface area contributed by atoms with Crippen LogP contribution in [0.2, 0.25) is 0 Å². The van der Waals surface area contributed by atoms with Crippen LogP contribution in [0.15, 0.2) is 42.5 Å². The van der Waals surface area contributed by atoms with E-state index in [1.165, 1.54) is 50.9 Å². The second-order valence-electron chi connectivity index (χ2n) is 7.48. The van der Waals surface area contributed by atoms with Gasteiger partial charge in [-0.2, -0.15) is 0 Å². The molecule has 1 saturated heterocycles. The smallest absolute Gasteiger partial charge is 0.0233 e. The summed E-state index contributed by atoms with van der Waals surface area (Å²) >= 11 is 0. The van der Waals surface area contributed by atoms with Crippen LogP contribution in [0.5, 0.6) is 0 Å². The summed E-state index contributed by atoms with van der Waals surface area (Å²) < 4.78 is 0. The first-order chi connectivity index (χ1) is 10.9. The minimum atomic E-state index is 0.745. The third kappa shape index (κ3) is 3.28. The number of rotatable bonds is 5. The highest BCUT2D eigenvalue weighted by atomic mass is 15.1. The number of likely N-dealkylation sites (tertiary alicyclic amines) is 1. The standard InChI is InChI=1S/C20H28N2/c1-2-4-16(5-3-1)15-22-10-8-20(9-11-22)21-14-19-13-17-6-7-18(19)12-17/h1-7,17-21H,8-15H2/t17-,18+,19-/m1/s1. The molecule has 0 spiro atoms. The molecule has 0 amide bonds. The minimum Gasteiger partial charge on any atom is -0.314 e. The Bertz CT molecular complexity index is 502. The Balaban J connectivity index is 1.19. The zero-order chi connectivity index (χ0) is 14.8. The van der Waals surface area contributed by atoms with Crippen molar-refractivity contribution >= 4 is 0 Å². The fourth-order valence-corrected chi connectivity index (χ4v) is 4.58. The molecule has 1 saturated carbocycles. The van der Waals surface area contributed by atoms with Crippen LogP contribution in [0.3, 0.4) is 0 Å². The average Bonchev–Trinajstić information content (AvgIpc) is 3.18. The summed E-state index contributed by atoms with van der Waals surface area (Å²) in [6.45, 7) is 4.84. The molecule has 2 heteroatoms. The molecule has 3 atom stereocenters. The number of hydrogen-bond acceptors (Lipinski definition) is 2. The normalized spacial score (nSPS) is 31.9. The summed E-state index contributed by atoms with van der Waals surface area (Å²) in [5.74, 6) is 2.71. The van der Waals surface area contributed by atoms with Crippen molar-refractivity contribution in [2.45, 2.75) is 38.3 Å². The molecule has 0 unspecified atom stereocenters. The Morgan fingerprint density at radius 3 is 2.50 bits per heavy atom. The van der Waals surface area contributed by atoms with Crippen LogP contribution in [0, 0.1) is 17.8 Å². The van der Waals surface area contributed by atoms with E-state index >= 15 is 0 Å². The number of fused-ring (bicyclic) bond motifs is 2. The number of hydrogen-bond donors (Lipinski definition) is 1. The van der Waals surface area contributed by atoms with Gasteiger partial charge in [0.15, 0.2) is 0 Å². The first-order valence-electron chi connectivity index (χ1n) is 9.05. The van der Waals surface area contributed by atoms with Gasteiger partial charge in [-0.15, -0.1) is 0 Å². The van der Waals surface area contributed by atoms with Gasteiger partial charge in [0.05, 0.1) is 0 Å². The number of nitrogens with one attached hydrogen (secondary N) is 1. The van der Waals surface area contributed by atoms with Gasteiger partial charge in [0, 0.05) is 12.6 Å². The lowest BCUT2D eigenvalue weighted by molar-refractivity contribution is 0.186. The number of piperidine rings is 1. The minimum absolute atomic E-state index is 0.745. The molecular weight excluding hydrogens is 268 g/mol. The summed E-state index contributed by atoms with van der Waals surface area (Å²) in [7, 11) is 0. The largest absolute Gasteiger partial charge is 0.314 e. The molecule has 2 aliphatic carbocycles. The summed E-state index contributed by atoms with van der Waals surface area (Å²) in [5.41, 5.74) is 1.45. The van der Waals surface area contributed by atoms with Crippen LogP contribution in [0.25, 0.3) is 0 Å². The Hall–Kier alpha value is -1.12. The van der Waals surface area contributed by atoms with E-state index < -0.39 is 0 Å². The molecule has 118 valence electrons. The fraction of sp³-hybridized carbons (Fsp3) is 0.600. The summed E-state index contributed by atoms with van der Waals surface area (Å²) in [4.78, 5) is 2.60. The molecule has 2 fully saturated rings. The van der Waals surface area contributed by atoms with Gasteiger partial charge in [-0.05, 0) is 68.6 Å². The molecule has 3 aliphatic rings.